The predicted molar refractivity (Wildman–Crippen MR) is 61.1 cm³/mol. The van der Waals surface area contributed by atoms with Crippen LogP contribution in [0.5, 0.6) is 0 Å². The molecule has 0 spiro atoms. The normalized spacial score (nSPS) is 10.1. The van der Waals surface area contributed by atoms with E-state index in [1.54, 1.807) is 18.8 Å². The van der Waals surface area contributed by atoms with E-state index in [-0.39, 0.29) is 5.91 Å². The third kappa shape index (κ3) is 3.85. The van der Waals surface area contributed by atoms with E-state index in [4.69, 9.17) is 0 Å². The van der Waals surface area contributed by atoms with E-state index in [1.165, 1.54) is 23.1 Å². The number of carbonyl (C=O) groups excluding carboxylic acids is 1. The van der Waals surface area contributed by atoms with Crippen LogP contribution in [0.4, 0.5) is 0 Å². The van der Waals surface area contributed by atoms with Gasteiger partial charge >= 0.3 is 0 Å². The summed E-state index contributed by atoms with van der Waals surface area (Å²) in [5.41, 5.74) is 0. The topological polar surface area (TPSA) is 54.9 Å². The lowest BCUT2D eigenvalue weighted by Gasteiger charge is -1.94. The van der Waals surface area contributed by atoms with E-state index in [0.29, 0.717) is 5.75 Å². The Bertz CT molecular complexity index is 302. The van der Waals surface area contributed by atoms with Gasteiger partial charge in [0.2, 0.25) is 5.91 Å². The van der Waals surface area contributed by atoms with E-state index in [1.807, 2.05) is 0 Å². The van der Waals surface area contributed by atoms with Crippen molar-refractivity contribution in [2.24, 2.45) is 0 Å². The molecule has 0 saturated carbocycles. The number of hydrogen-bond donors (Lipinski definition) is 1. The lowest BCUT2D eigenvalue weighted by molar-refractivity contribution is -0.118. The van der Waals surface area contributed by atoms with Gasteiger partial charge in [0.05, 0.1) is 5.75 Å². The van der Waals surface area contributed by atoms with Crippen molar-refractivity contribution in [2.45, 2.75) is 15.6 Å². The maximum Gasteiger partial charge on any atom is 0.230 e. The average molecular weight is 249 g/mol. The van der Waals surface area contributed by atoms with Crippen molar-refractivity contribution in [3.8, 4) is 0 Å². The molecule has 4 nitrogen and oxygen atoms in total. The van der Waals surface area contributed by atoms with Crippen LogP contribution in [0.25, 0.3) is 0 Å². The molecule has 0 atom stereocenters. The summed E-state index contributed by atoms with van der Waals surface area (Å²) >= 11 is 4.62. The smallest absolute Gasteiger partial charge is 0.230 e. The highest BCUT2D eigenvalue weighted by Crippen LogP contribution is 2.28. The van der Waals surface area contributed by atoms with Crippen LogP contribution in [0.3, 0.4) is 0 Å². The molecular weight excluding hydrogens is 238 g/mol. The van der Waals surface area contributed by atoms with Gasteiger partial charge in [-0.15, -0.1) is 10.2 Å². The molecule has 1 N–H and O–H groups in total. The van der Waals surface area contributed by atoms with Gasteiger partial charge < -0.3 is 5.32 Å². The Hall–Kier alpha value is -0.270. The maximum absolute atomic E-state index is 10.9. The van der Waals surface area contributed by atoms with Crippen LogP contribution in [0.2, 0.25) is 0 Å². The van der Waals surface area contributed by atoms with E-state index in [9.17, 15) is 4.79 Å². The van der Waals surface area contributed by atoms with Crippen LogP contribution in [0.1, 0.15) is 6.92 Å². The highest BCUT2D eigenvalue weighted by Gasteiger charge is 2.06. The first-order valence-corrected chi connectivity index (χ1v) is 6.84. The zero-order valence-corrected chi connectivity index (χ0v) is 10.4. The van der Waals surface area contributed by atoms with E-state index in [2.05, 4.69) is 22.4 Å². The van der Waals surface area contributed by atoms with Gasteiger partial charge in [0.15, 0.2) is 8.68 Å². The molecule has 0 saturated heterocycles. The quantitative estimate of drug-likeness (QED) is 0.801. The summed E-state index contributed by atoms with van der Waals surface area (Å²) in [7, 11) is 1.63. The van der Waals surface area contributed by atoms with E-state index < -0.39 is 0 Å². The molecule has 1 aromatic rings. The summed E-state index contributed by atoms with van der Waals surface area (Å²) in [6, 6.07) is 0. The Labute approximate surface area is 95.3 Å². The molecule has 0 radical (unpaired) electrons. The van der Waals surface area contributed by atoms with Crippen LogP contribution in [0, 0.1) is 0 Å². The number of nitrogens with one attached hydrogen (secondary N) is 1. The summed E-state index contributed by atoms with van der Waals surface area (Å²) < 4.78 is 1.82. The number of amides is 1. The second-order valence-corrected chi connectivity index (χ2v) is 5.94. The Morgan fingerprint density at radius 3 is 2.64 bits per heavy atom. The van der Waals surface area contributed by atoms with Crippen molar-refractivity contribution in [3.63, 3.8) is 0 Å². The Morgan fingerprint density at radius 1 is 1.43 bits per heavy atom. The Balaban J connectivity index is 2.39. The molecule has 0 aliphatic rings. The second-order valence-electron chi connectivity index (χ2n) is 2.23. The van der Waals surface area contributed by atoms with Gasteiger partial charge in [-0.1, -0.05) is 41.8 Å². The van der Waals surface area contributed by atoms with Crippen molar-refractivity contribution < 1.29 is 4.79 Å². The lowest BCUT2D eigenvalue weighted by atomic mass is 10.7. The summed E-state index contributed by atoms with van der Waals surface area (Å²) in [4.78, 5) is 10.9. The number of aromatic nitrogens is 2. The average Bonchev–Trinajstić information content (AvgIpc) is 2.63. The summed E-state index contributed by atoms with van der Waals surface area (Å²) in [5, 5.41) is 10.5. The van der Waals surface area contributed by atoms with Crippen LogP contribution in [-0.2, 0) is 4.79 Å². The lowest BCUT2D eigenvalue weighted by Crippen LogP contribution is -2.19. The Kier molecular flexibility index (Phi) is 5.28. The van der Waals surface area contributed by atoms with Gasteiger partial charge in [-0.25, -0.2) is 0 Å². The number of rotatable bonds is 5. The number of hydrogen-bond acceptors (Lipinski definition) is 6. The molecule has 7 heteroatoms. The molecule has 1 aromatic heterocycles. The zero-order valence-electron chi connectivity index (χ0n) is 7.94. The molecule has 0 aliphatic carbocycles. The second kappa shape index (κ2) is 6.26. The highest BCUT2D eigenvalue weighted by molar-refractivity contribution is 8.03. The monoisotopic (exact) mass is 249 g/mol. The Morgan fingerprint density at radius 2 is 2.07 bits per heavy atom. The first-order valence-electron chi connectivity index (χ1n) is 4.06. The maximum atomic E-state index is 10.9. The fourth-order valence-corrected chi connectivity index (χ4v) is 3.43. The van der Waals surface area contributed by atoms with E-state index in [0.717, 1.165) is 14.4 Å². The molecule has 78 valence electrons. The fourth-order valence-electron chi connectivity index (χ4n) is 0.637. The molecule has 0 unspecified atom stereocenters. The minimum atomic E-state index is 0.00916. The van der Waals surface area contributed by atoms with E-state index >= 15 is 0 Å². The van der Waals surface area contributed by atoms with Gasteiger partial charge in [0.1, 0.15) is 0 Å². The minimum Gasteiger partial charge on any atom is -0.358 e. The molecule has 1 amide bonds. The summed E-state index contributed by atoms with van der Waals surface area (Å²) in [5.74, 6) is 1.41. The van der Waals surface area contributed by atoms with Crippen LogP contribution in [-0.4, -0.2) is 34.7 Å². The van der Waals surface area contributed by atoms with Crippen molar-refractivity contribution in [3.05, 3.63) is 0 Å². The number of thioether (sulfide) groups is 2. The van der Waals surface area contributed by atoms with Gasteiger partial charge in [0.25, 0.3) is 0 Å². The third-order valence-electron chi connectivity index (χ3n) is 1.26. The first kappa shape index (κ1) is 11.8. The molecule has 0 fully saturated rings. The number of nitrogens with zero attached hydrogens (tertiary/aromatic N) is 2. The molecule has 1 rings (SSSR count). The summed E-state index contributed by atoms with van der Waals surface area (Å²) in [6.45, 7) is 2.07. The molecule has 0 aromatic carbocycles. The molecule has 0 bridgehead atoms. The summed E-state index contributed by atoms with van der Waals surface area (Å²) in [6.07, 6.45) is 0. The largest absolute Gasteiger partial charge is 0.358 e. The third-order valence-corrected chi connectivity index (χ3v) is 4.33. The van der Waals surface area contributed by atoms with Gasteiger partial charge in [-0.2, -0.15) is 0 Å². The van der Waals surface area contributed by atoms with Crippen LogP contribution in [0.15, 0.2) is 8.68 Å². The van der Waals surface area contributed by atoms with Crippen molar-refractivity contribution >= 4 is 40.8 Å². The first-order chi connectivity index (χ1) is 6.76. The molecular formula is C7H11N3OS3. The van der Waals surface area contributed by atoms with Crippen LogP contribution >= 0.6 is 34.9 Å². The number of carbonyl (C=O) groups is 1. The van der Waals surface area contributed by atoms with Crippen molar-refractivity contribution in [1.82, 2.24) is 15.5 Å². The molecule has 0 aliphatic heterocycles. The van der Waals surface area contributed by atoms with Crippen LogP contribution < -0.4 is 5.32 Å². The SMILES string of the molecule is CCSc1nnc(SCC(=O)NC)s1. The highest BCUT2D eigenvalue weighted by atomic mass is 32.2. The van der Waals surface area contributed by atoms with Gasteiger partial charge in [0, 0.05) is 7.05 Å². The molecule has 1 heterocycles. The zero-order chi connectivity index (χ0) is 10.4. The predicted octanol–water partition coefficient (Wildman–Crippen LogP) is 1.49. The fraction of sp³-hybridized carbons (Fsp3) is 0.571. The van der Waals surface area contributed by atoms with Gasteiger partial charge in [-0.05, 0) is 5.75 Å². The van der Waals surface area contributed by atoms with Crippen molar-refractivity contribution in [2.75, 3.05) is 18.6 Å². The molecule has 14 heavy (non-hydrogen) atoms. The van der Waals surface area contributed by atoms with Crippen molar-refractivity contribution in [1.29, 1.82) is 0 Å². The van der Waals surface area contributed by atoms with Gasteiger partial charge in [-0.3, -0.25) is 4.79 Å². The minimum absolute atomic E-state index is 0.00916. The standard InChI is InChI=1S/C7H11N3OS3/c1-3-12-6-9-10-7(14-6)13-4-5(11)8-2/h3-4H2,1-2H3,(H,8,11).